The molecule has 0 aliphatic heterocycles. The summed E-state index contributed by atoms with van der Waals surface area (Å²) in [5.74, 6) is -1.08. The Morgan fingerprint density at radius 2 is 2.00 bits per heavy atom. The van der Waals surface area contributed by atoms with Gasteiger partial charge in [0.1, 0.15) is 0 Å². The molecule has 1 fully saturated rings. The minimum atomic E-state index is -0.988. The molecule has 5 heteroatoms. The van der Waals surface area contributed by atoms with E-state index in [4.69, 9.17) is 5.11 Å². The van der Waals surface area contributed by atoms with Crippen LogP contribution in [0.15, 0.2) is 24.3 Å². The van der Waals surface area contributed by atoms with Gasteiger partial charge in [0.15, 0.2) is 0 Å². The van der Waals surface area contributed by atoms with Crippen molar-refractivity contribution in [3.8, 4) is 0 Å². The first-order valence-corrected chi connectivity index (χ1v) is 8.54. The molecule has 1 aromatic rings. The van der Waals surface area contributed by atoms with E-state index in [1.807, 2.05) is 0 Å². The van der Waals surface area contributed by atoms with Gasteiger partial charge in [0, 0.05) is 11.3 Å². The first kappa shape index (κ1) is 15.9. The van der Waals surface area contributed by atoms with Crippen LogP contribution in [0.5, 0.6) is 0 Å². The molecule has 1 saturated carbocycles. The zero-order valence-electron chi connectivity index (χ0n) is 12.2. The quantitative estimate of drug-likeness (QED) is 0.878. The van der Waals surface area contributed by atoms with Crippen LogP contribution in [0.25, 0.3) is 0 Å². The van der Waals surface area contributed by atoms with Crippen LogP contribution in [-0.4, -0.2) is 34.5 Å². The molecular weight excluding hydrogens is 286 g/mol. The van der Waals surface area contributed by atoms with Crippen molar-refractivity contribution >= 4 is 23.6 Å². The van der Waals surface area contributed by atoms with Crippen molar-refractivity contribution in [3.05, 3.63) is 35.4 Å². The molecule has 0 heterocycles. The van der Waals surface area contributed by atoms with Crippen LogP contribution >= 0.6 is 11.8 Å². The number of carbonyl (C=O) groups excluding carboxylic acids is 1. The SMILES string of the molecule is CSC1CCCCC1NC(=O)Cc1ccccc1C(=O)O. The Morgan fingerprint density at radius 1 is 1.29 bits per heavy atom. The van der Waals surface area contributed by atoms with E-state index in [1.54, 1.807) is 30.0 Å². The van der Waals surface area contributed by atoms with E-state index < -0.39 is 5.97 Å². The highest BCUT2D eigenvalue weighted by atomic mass is 32.2. The molecule has 0 spiro atoms. The molecule has 2 unspecified atom stereocenters. The molecule has 0 aromatic heterocycles. The highest BCUT2D eigenvalue weighted by molar-refractivity contribution is 7.99. The second-order valence-electron chi connectivity index (χ2n) is 5.37. The lowest BCUT2D eigenvalue weighted by Gasteiger charge is -2.31. The molecule has 1 amide bonds. The van der Waals surface area contributed by atoms with Crippen LogP contribution in [0.1, 0.15) is 41.6 Å². The van der Waals surface area contributed by atoms with Gasteiger partial charge in [0.05, 0.1) is 12.0 Å². The highest BCUT2D eigenvalue weighted by Gasteiger charge is 2.26. The fourth-order valence-electron chi connectivity index (χ4n) is 2.86. The average Bonchev–Trinajstić information content (AvgIpc) is 2.48. The van der Waals surface area contributed by atoms with Gasteiger partial charge < -0.3 is 10.4 Å². The Kier molecular flexibility index (Phi) is 5.67. The first-order valence-electron chi connectivity index (χ1n) is 7.25. The zero-order valence-corrected chi connectivity index (χ0v) is 13.0. The number of rotatable bonds is 5. The summed E-state index contributed by atoms with van der Waals surface area (Å²) >= 11 is 1.80. The van der Waals surface area contributed by atoms with E-state index >= 15 is 0 Å². The monoisotopic (exact) mass is 307 g/mol. The third kappa shape index (κ3) is 4.24. The van der Waals surface area contributed by atoms with Gasteiger partial charge in [-0.1, -0.05) is 31.0 Å². The number of hydrogen-bond donors (Lipinski definition) is 2. The summed E-state index contributed by atoms with van der Waals surface area (Å²) < 4.78 is 0. The summed E-state index contributed by atoms with van der Waals surface area (Å²) in [5.41, 5.74) is 0.775. The number of amides is 1. The van der Waals surface area contributed by atoms with Gasteiger partial charge in [0.2, 0.25) is 5.91 Å². The van der Waals surface area contributed by atoms with Crippen molar-refractivity contribution in [2.45, 2.75) is 43.4 Å². The zero-order chi connectivity index (χ0) is 15.2. The lowest BCUT2D eigenvalue weighted by molar-refractivity contribution is -0.121. The summed E-state index contributed by atoms with van der Waals surface area (Å²) in [4.78, 5) is 23.4. The molecule has 1 aromatic carbocycles. The van der Waals surface area contributed by atoms with E-state index in [1.165, 1.54) is 12.5 Å². The van der Waals surface area contributed by atoms with Crippen LogP contribution < -0.4 is 5.32 Å². The Hall–Kier alpha value is -1.49. The second-order valence-corrected chi connectivity index (χ2v) is 6.45. The van der Waals surface area contributed by atoms with Gasteiger partial charge in [0.25, 0.3) is 0 Å². The standard InChI is InChI=1S/C16H21NO3S/c1-21-14-9-5-4-8-13(14)17-15(18)10-11-6-2-3-7-12(11)16(19)20/h2-3,6-7,13-14H,4-5,8-10H2,1H3,(H,17,18)(H,19,20). The lowest BCUT2D eigenvalue weighted by atomic mass is 9.94. The van der Waals surface area contributed by atoms with Crippen molar-refractivity contribution in [2.24, 2.45) is 0 Å². The van der Waals surface area contributed by atoms with Crippen LogP contribution in [0.4, 0.5) is 0 Å². The van der Waals surface area contributed by atoms with Crippen molar-refractivity contribution < 1.29 is 14.7 Å². The predicted molar refractivity (Wildman–Crippen MR) is 84.8 cm³/mol. The molecular formula is C16H21NO3S. The number of carboxylic acids is 1. The molecule has 114 valence electrons. The maximum absolute atomic E-state index is 12.2. The predicted octanol–water partition coefficient (Wildman–Crippen LogP) is 2.72. The maximum atomic E-state index is 12.2. The Morgan fingerprint density at radius 3 is 2.71 bits per heavy atom. The van der Waals surface area contributed by atoms with Gasteiger partial charge in [-0.25, -0.2) is 4.79 Å². The van der Waals surface area contributed by atoms with E-state index in [2.05, 4.69) is 11.6 Å². The molecule has 2 rings (SSSR count). The van der Waals surface area contributed by atoms with Gasteiger partial charge in [-0.2, -0.15) is 11.8 Å². The molecule has 21 heavy (non-hydrogen) atoms. The number of carboxylic acid groups (broad SMARTS) is 1. The summed E-state index contributed by atoms with van der Waals surface area (Å²) in [6.07, 6.45) is 6.72. The van der Waals surface area contributed by atoms with Gasteiger partial charge in [-0.3, -0.25) is 4.79 Å². The number of benzene rings is 1. The topological polar surface area (TPSA) is 66.4 Å². The summed E-state index contributed by atoms with van der Waals surface area (Å²) in [5, 5.41) is 12.7. The van der Waals surface area contributed by atoms with E-state index in [0.29, 0.717) is 10.8 Å². The second kappa shape index (κ2) is 7.50. The van der Waals surface area contributed by atoms with Gasteiger partial charge in [-0.15, -0.1) is 0 Å². The highest BCUT2D eigenvalue weighted by Crippen LogP contribution is 2.27. The Labute approximate surface area is 129 Å². The molecule has 1 aliphatic carbocycles. The van der Waals surface area contributed by atoms with Crippen LogP contribution in [0, 0.1) is 0 Å². The fourth-order valence-corrected chi connectivity index (χ4v) is 3.79. The average molecular weight is 307 g/mol. The number of nitrogens with one attached hydrogen (secondary N) is 1. The summed E-state index contributed by atoms with van der Waals surface area (Å²) in [6, 6.07) is 6.89. The minimum Gasteiger partial charge on any atom is -0.478 e. The van der Waals surface area contributed by atoms with E-state index in [-0.39, 0.29) is 23.9 Å². The number of aromatic carboxylic acids is 1. The molecule has 0 saturated heterocycles. The van der Waals surface area contributed by atoms with E-state index in [0.717, 1.165) is 19.3 Å². The number of carbonyl (C=O) groups is 2. The van der Waals surface area contributed by atoms with Crippen molar-refractivity contribution in [1.82, 2.24) is 5.32 Å². The maximum Gasteiger partial charge on any atom is 0.335 e. The number of hydrogen-bond acceptors (Lipinski definition) is 3. The summed E-state index contributed by atoms with van der Waals surface area (Å²) in [7, 11) is 0. The van der Waals surface area contributed by atoms with Crippen LogP contribution in [0.2, 0.25) is 0 Å². The fraction of sp³-hybridized carbons (Fsp3) is 0.500. The van der Waals surface area contributed by atoms with E-state index in [9.17, 15) is 9.59 Å². The third-order valence-corrected chi connectivity index (χ3v) is 5.12. The van der Waals surface area contributed by atoms with Gasteiger partial charge >= 0.3 is 5.97 Å². The first-order chi connectivity index (χ1) is 10.1. The molecule has 2 atom stereocenters. The minimum absolute atomic E-state index is 0.0883. The Balaban J connectivity index is 2.00. The van der Waals surface area contributed by atoms with Crippen molar-refractivity contribution in [2.75, 3.05) is 6.26 Å². The van der Waals surface area contributed by atoms with Gasteiger partial charge in [-0.05, 0) is 30.7 Å². The molecule has 4 nitrogen and oxygen atoms in total. The normalized spacial score (nSPS) is 21.8. The van der Waals surface area contributed by atoms with Crippen molar-refractivity contribution in [3.63, 3.8) is 0 Å². The lowest BCUT2D eigenvalue weighted by Crippen LogP contribution is -2.44. The molecule has 0 radical (unpaired) electrons. The molecule has 2 N–H and O–H groups in total. The van der Waals surface area contributed by atoms with Crippen LogP contribution in [-0.2, 0) is 11.2 Å². The largest absolute Gasteiger partial charge is 0.478 e. The summed E-state index contributed by atoms with van der Waals surface area (Å²) in [6.45, 7) is 0. The third-order valence-electron chi connectivity index (χ3n) is 3.95. The van der Waals surface area contributed by atoms with Crippen molar-refractivity contribution in [1.29, 1.82) is 0 Å². The number of thioether (sulfide) groups is 1. The molecule has 0 bridgehead atoms. The smallest absolute Gasteiger partial charge is 0.335 e. The van der Waals surface area contributed by atoms with Crippen LogP contribution in [0.3, 0.4) is 0 Å². The molecule has 1 aliphatic rings. The Bertz CT molecular complexity index is 518.